The van der Waals surface area contributed by atoms with Crippen molar-refractivity contribution >= 4 is 9.84 Å². The molecule has 1 aromatic rings. The largest absolute Gasteiger partial charge is 0.491 e. The Morgan fingerprint density at radius 1 is 1.14 bits per heavy atom. The van der Waals surface area contributed by atoms with Crippen molar-refractivity contribution in [2.45, 2.75) is 23.9 Å². The predicted octanol–water partition coefficient (Wildman–Crippen LogP) is 3.54. The minimum absolute atomic E-state index is 0.195. The minimum Gasteiger partial charge on any atom is -0.491 e. The Balaban J connectivity index is 3.35. The van der Waals surface area contributed by atoms with Crippen molar-refractivity contribution in [3.63, 3.8) is 0 Å². The number of alkyl halides is 5. The number of hydrogen-bond acceptors (Lipinski definition) is 3. The van der Waals surface area contributed by atoms with Gasteiger partial charge in [-0.25, -0.2) is 8.42 Å². The van der Waals surface area contributed by atoms with Crippen molar-refractivity contribution in [2.24, 2.45) is 0 Å². The van der Waals surface area contributed by atoms with Gasteiger partial charge in [0.2, 0.25) is 9.84 Å². The van der Waals surface area contributed by atoms with Crippen LogP contribution in [0.3, 0.4) is 0 Å². The van der Waals surface area contributed by atoms with Crippen LogP contribution < -0.4 is 0 Å². The summed E-state index contributed by atoms with van der Waals surface area (Å²) in [4.78, 5) is -0.417. The molecule has 0 aliphatic rings. The maximum atomic E-state index is 13.2. The average Bonchev–Trinajstić information content (AvgIpc) is 2.37. The van der Waals surface area contributed by atoms with Gasteiger partial charge in [-0.1, -0.05) is 18.2 Å². The highest BCUT2D eigenvalue weighted by molar-refractivity contribution is 7.94. The van der Waals surface area contributed by atoms with Crippen molar-refractivity contribution in [3.05, 3.63) is 41.5 Å². The van der Waals surface area contributed by atoms with Crippen LogP contribution in [0.15, 0.2) is 46.4 Å². The van der Waals surface area contributed by atoms with Gasteiger partial charge in [0.25, 0.3) is 0 Å². The Hall–Kier alpha value is -1.64. The first-order valence-corrected chi connectivity index (χ1v) is 7.16. The molecule has 0 saturated carbocycles. The molecule has 0 atom stereocenters. The average molecular weight is 330 g/mol. The maximum Gasteiger partial charge on any atom is 0.461 e. The molecule has 9 heteroatoms. The van der Waals surface area contributed by atoms with Crippen molar-refractivity contribution in [3.8, 4) is 0 Å². The highest BCUT2D eigenvalue weighted by Crippen LogP contribution is 2.42. The number of hydrogen-bond donors (Lipinski definition) is 0. The number of allylic oxidation sites excluding steroid dienone is 1. The van der Waals surface area contributed by atoms with Gasteiger partial charge in [0.1, 0.15) is 0 Å². The number of sulfone groups is 1. The lowest BCUT2D eigenvalue weighted by molar-refractivity contribution is -0.276. The van der Waals surface area contributed by atoms with Crippen LogP contribution in [0, 0.1) is 0 Å². The van der Waals surface area contributed by atoms with E-state index in [9.17, 15) is 30.4 Å². The maximum absolute atomic E-state index is 13.2. The van der Waals surface area contributed by atoms with Crippen molar-refractivity contribution < 1.29 is 35.1 Å². The Bertz CT molecular complexity index is 606. The number of rotatable bonds is 5. The van der Waals surface area contributed by atoms with Gasteiger partial charge in [0.05, 0.1) is 16.9 Å². The fourth-order valence-electron chi connectivity index (χ4n) is 1.31. The van der Waals surface area contributed by atoms with Crippen LogP contribution in [-0.4, -0.2) is 27.1 Å². The molecule has 118 valence electrons. The first kappa shape index (κ1) is 17.4. The first-order chi connectivity index (χ1) is 9.52. The topological polar surface area (TPSA) is 43.4 Å². The second kappa shape index (κ2) is 6.00. The summed E-state index contributed by atoms with van der Waals surface area (Å²) >= 11 is 0. The summed E-state index contributed by atoms with van der Waals surface area (Å²) in [6.45, 7) is 0.622. The summed E-state index contributed by atoms with van der Waals surface area (Å²) in [5, 5.41) is -0.195. The molecule has 0 aromatic heterocycles. The summed E-state index contributed by atoms with van der Waals surface area (Å²) < 4.78 is 91.3. The van der Waals surface area contributed by atoms with E-state index in [1.807, 2.05) is 0 Å². The van der Waals surface area contributed by atoms with Gasteiger partial charge in [-0.15, -0.1) is 0 Å². The van der Waals surface area contributed by atoms with Gasteiger partial charge in [0, 0.05) is 0 Å². The van der Waals surface area contributed by atoms with E-state index >= 15 is 0 Å². The van der Waals surface area contributed by atoms with Gasteiger partial charge in [-0.3, -0.25) is 0 Å². The standard InChI is InChI=1S/C12H11F5O3S/c1-2-20-10(11(13,14)12(15,16)17)8-21(18,19)9-6-4-3-5-7-9/h3-8H,2H2,1H3/b10-8+. The quantitative estimate of drug-likeness (QED) is 0.613. The van der Waals surface area contributed by atoms with Crippen LogP contribution in [0.4, 0.5) is 22.0 Å². The normalized spacial score (nSPS) is 14.1. The third kappa shape index (κ3) is 3.93. The molecule has 0 heterocycles. The lowest BCUT2D eigenvalue weighted by Gasteiger charge is -2.22. The highest BCUT2D eigenvalue weighted by atomic mass is 32.2. The molecule has 0 fully saturated rings. The molecule has 0 N–H and O–H groups in total. The molecular weight excluding hydrogens is 319 g/mol. The Kier molecular flexibility index (Phi) is 4.98. The van der Waals surface area contributed by atoms with Crippen LogP contribution in [0.2, 0.25) is 0 Å². The van der Waals surface area contributed by atoms with Gasteiger partial charge in [0.15, 0.2) is 5.76 Å². The fourth-order valence-corrected chi connectivity index (χ4v) is 2.48. The van der Waals surface area contributed by atoms with Crippen LogP contribution in [0.25, 0.3) is 0 Å². The molecule has 21 heavy (non-hydrogen) atoms. The van der Waals surface area contributed by atoms with Crippen LogP contribution in [0.5, 0.6) is 0 Å². The molecule has 0 radical (unpaired) electrons. The summed E-state index contributed by atoms with van der Waals surface area (Å²) in [5.74, 6) is -7.36. The second-order valence-electron chi connectivity index (χ2n) is 3.85. The SMILES string of the molecule is CCO/C(=C/S(=O)(=O)c1ccccc1)C(F)(F)C(F)(F)F. The number of benzene rings is 1. The zero-order chi connectivity index (χ0) is 16.3. The lowest BCUT2D eigenvalue weighted by atomic mass is 10.3. The molecule has 0 bridgehead atoms. The van der Waals surface area contributed by atoms with Crippen LogP contribution in [-0.2, 0) is 14.6 Å². The third-order valence-electron chi connectivity index (χ3n) is 2.30. The predicted molar refractivity (Wildman–Crippen MR) is 64.3 cm³/mol. The summed E-state index contributed by atoms with van der Waals surface area (Å²) in [6.07, 6.45) is -5.96. The van der Waals surface area contributed by atoms with E-state index in [0.717, 1.165) is 19.1 Å². The van der Waals surface area contributed by atoms with E-state index < -0.39 is 39.2 Å². The lowest BCUT2D eigenvalue weighted by Crippen LogP contribution is -2.39. The van der Waals surface area contributed by atoms with Gasteiger partial charge in [-0.05, 0) is 19.1 Å². The van der Waals surface area contributed by atoms with E-state index in [1.165, 1.54) is 18.2 Å². The first-order valence-electron chi connectivity index (χ1n) is 5.62. The van der Waals surface area contributed by atoms with Crippen LogP contribution >= 0.6 is 0 Å². The van der Waals surface area contributed by atoms with Gasteiger partial charge >= 0.3 is 12.1 Å². The molecule has 1 aromatic carbocycles. The monoisotopic (exact) mass is 330 g/mol. The molecule has 1 rings (SSSR count). The molecule has 0 saturated heterocycles. The Morgan fingerprint density at radius 3 is 2.10 bits per heavy atom. The zero-order valence-corrected chi connectivity index (χ0v) is 11.5. The molecule has 0 unspecified atom stereocenters. The van der Waals surface area contributed by atoms with E-state index in [-0.39, 0.29) is 5.41 Å². The molecule has 0 amide bonds. The zero-order valence-electron chi connectivity index (χ0n) is 10.7. The van der Waals surface area contributed by atoms with Gasteiger partial charge in [-0.2, -0.15) is 22.0 Å². The van der Waals surface area contributed by atoms with Crippen molar-refractivity contribution in [1.82, 2.24) is 0 Å². The summed E-state index contributed by atoms with van der Waals surface area (Å²) in [7, 11) is -4.49. The summed E-state index contributed by atoms with van der Waals surface area (Å²) in [5.41, 5.74) is 0. The van der Waals surface area contributed by atoms with Crippen molar-refractivity contribution in [2.75, 3.05) is 6.61 Å². The molecular formula is C12H11F5O3S. The van der Waals surface area contributed by atoms with E-state index in [4.69, 9.17) is 0 Å². The Morgan fingerprint density at radius 2 is 1.67 bits per heavy atom. The van der Waals surface area contributed by atoms with E-state index in [1.54, 1.807) is 0 Å². The number of halogens is 5. The minimum atomic E-state index is -5.96. The van der Waals surface area contributed by atoms with E-state index in [0.29, 0.717) is 0 Å². The van der Waals surface area contributed by atoms with Crippen LogP contribution in [0.1, 0.15) is 6.92 Å². The fraction of sp³-hybridized carbons (Fsp3) is 0.333. The number of ether oxygens (including phenoxy) is 1. The molecule has 3 nitrogen and oxygen atoms in total. The third-order valence-corrected chi connectivity index (χ3v) is 3.75. The van der Waals surface area contributed by atoms with Gasteiger partial charge < -0.3 is 4.74 Å². The molecule has 0 aliphatic heterocycles. The smallest absolute Gasteiger partial charge is 0.461 e. The second-order valence-corrected chi connectivity index (χ2v) is 5.64. The molecule has 0 aliphatic carbocycles. The van der Waals surface area contributed by atoms with E-state index in [2.05, 4.69) is 4.74 Å². The highest BCUT2D eigenvalue weighted by Gasteiger charge is 2.62. The summed E-state index contributed by atoms with van der Waals surface area (Å²) in [6, 6.07) is 6.23. The van der Waals surface area contributed by atoms with Crippen molar-refractivity contribution in [1.29, 1.82) is 0 Å². The Labute approximate surface area is 117 Å². The molecule has 0 spiro atoms.